The lowest BCUT2D eigenvalue weighted by Gasteiger charge is -2.28. The smallest absolute Gasteiger partial charge is 0.251 e. The van der Waals surface area contributed by atoms with Crippen LogP contribution in [-0.4, -0.2) is 30.3 Å². The second-order valence-electron chi connectivity index (χ2n) is 6.23. The number of amides is 1. The molecule has 0 aromatic heterocycles. The predicted octanol–water partition coefficient (Wildman–Crippen LogP) is 3.52. The summed E-state index contributed by atoms with van der Waals surface area (Å²) in [4.78, 5) is 12.3. The fourth-order valence-corrected chi connectivity index (χ4v) is 2.99. The summed E-state index contributed by atoms with van der Waals surface area (Å²) in [7, 11) is 1.62. The molecule has 0 saturated heterocycles. The van der Waals surface area contributed by atoms with Gasteiger partial charge in [0.15, 0.2) is 0 Å². The summed E-state index contributed by atoms with van der Waals surface area (Å²) < 4.78 is 10.9. The lowest BCUT2D eigenvalue weighted by Crippen LogP contribution is -2.45. The number of hydrogen-bond donors (Lipinski definition) is 2. The van der Waals surface area contributed by atoms with Crippen LogP contribution in [0.5, 0.6) is 17.2 Å². The maximum absolute atomic E-state index is 12.3. The standard InChI is InChI=1S/C20H23NO4/c1-24-15-10-12-17(13-11-15)25-16-8-6-14(7-9-16)20(23)21-18-4-2-3-5-19(18)22/h6-13,18-19,22H,2-5H2,1H3,(H,21,23)/t18-,19-/m0/s1. The fraction of sp³-hybridized carbons (Fsp3) is 0.350. The molecule has 132 valence electrons. The molecule has 1 fully saturated rings. The molecule has 0 unspecified atom stereocenters. The van der Waals surface area contributed by atoms with E-state index < -0.39 is 6.10 Å². The fourth-order valence-electron chi connectivity index (χ4n) is 2.99. The maximum Gasteiger partial charge on any atom is 0.251 e. The first kappa shape index (κ1) is 17.3. The van der Waals surface area contributed by atoms with Crippen LogP contribution in [0.4, 0.5) is 0 Å². The summed E-state index contributed by atoms with van der Waals surface area (Å²) in [6.45, 7) is 0. The maximum atomic E-state index is 12.3. The van der Waals surface area contributed by atoms with Crippen LogP contribution in [0.2, 0.25) is 0 Å². The Kier molecular flexibility index (Phi) is 5.56. The topological polar surface area (TPSA) is 67.8 Å². The highest BCUT2D eigenvalue weighted by atomic mass is 16.5. The van der Waals surface area contributed by atoms with E-state index in [1.165, 1.54) is 0 Å². The number of ether oxygens (including phenoxy) is 2. The Morgan fingerprint density at radius 2 is 1.52 bits per heavy atom. The Hall–Kier alpha value is -2.53. The van der Waals surface area contributed by atoms with Gasteiger partial charge < -0.3 is 19.9 Å². The van der Waals surface area contributed by atoms with Crippen molar-refractivity contribution in [2.75, 3.05) is 7.11 Å². The third-order valence-corrected chi connectivity index (χ3v) is 4.46. The van der Waals surface area contributed by atoms with E-state index in [0.29, 0.717) is 17.1 Å². The van der Waals surface area contributed by atoms with E-state index in [4.69, 9.17) is 9.47 Å². The predicted molar refractivity (Wildman–Crippen MR) is 95.2 cm³/mol. The molecule has 2 aromatic rings. The van der Waals surface area contributed by atoms with Gasteiger partial charge in [-0.2, -0.15) is 0 Å². The molecule has 1 aliphatic carbocycles. The molecule has 5 heteroatoms. The van der Waals surface area contributed by atoms with Crippen LogP contribution >= 0.6 is 0 Å². The number of benzene rings is 2. The first-order valence-corrected chi connectivity index (χ1v) is 8.56. The van der Waals surface area contributed by atoms with E-state index in [0.717, 1.165) is 31.4 Å². The zero-order valence-corrected chi connectivity index (χ0v) is 14.3. The van der Waals surface area contributed by atoms with Gasteiger partial charge in [0.25, 0.3) is 5.91 Å². The number of hydrogen-bond acceptors (Lipinski definition) is 4. The van der Waals surface area contributed by atoms with Gasteiger partial charge in [0, 0.05) is 5.56 Å². The van der Waals surface area contributed by atoms with E-state index in [9.17, 15) is 9.90 Å². The highest BCUT2D eigenvalue weighted by molar-refractivity contribution is 5.94. The van der Waals surface area contributed by atoms with Gasteiger partial charge in [-0.15, -0.1) is 0 Å². The van der Waals surface area contributed by atoms with E-state index in [2.05, 4.69) is 5.32 Å². The monoisotopic (exact) mass is 341 g/mol. The van der Waals surface area contributed by atoms with Crippen LogP contribution in [0.25, 0.3) is 0 Å². The minimum Gasteiger partial charge on any atom is -0.497 e. The van der Waals surface area contributed by atoms with Gasteiger partial charge >= 0.3 is 0 Å². The summed E-state index contributed by atoms with van der Waals surface area (Å²) in [5, 5.41) is 12.9. The quantitative estimate of drug-likeness (QED) is 0.873. The largest absolute Gasteiger partial charge is 0.497 e. The molecule has 25 heavy (non-hydrogen) atoms. The third-order valence-electron chi connectivity index (χ3n) is 4.46. The van der Waals surface area contributed by atoms with E-state index in [-0.39, 0.29) is 11.9 Å². The molecular weight excluding hydrogens is 318 g/mol. The van der Waals surface area contributed by atoms with E-state index >= 15 is 0 Å². The molecular formula is C20H23NO4. The molecule has 0 bridgehead atoms. The van der Waals surface area contributed by atoms with E-state index in [1.54, 1.807) is 31.4 Å². The van der Waals surface area contributed by atoms with Gasteiger partial charge in [0.05, 0.1) is 19.3 Å². The van der Waals surface area contributed by atoms with Gasteiger partial charge in [-0.05, 0) is 61.4 Å². The molecule has 3 rings (SSSR count). The zero-order chi connectivity index (χ0) is 17.6. The SMILES string of the molecule is COc1ccc(Oc2ccc(C(=O)N[C@H]3CCCC[C@@H]3O)cc2)cc1. The van der Waals surface area contributed by atoms with Crippen molar-refractivity contribution >= 4 is 5.91 Å². The Labute approximate surface area is 147 Å². The van der Waals surface area contributed by atoms with Crippen LogP contribution in [-0.2, 0) is 0 Å². The summed E-state index contributed by atoms with van der Waals surface area (Å²) in [6, 6.07) is 14.1. The normalized spacial score (nSPS) is 19.9. The van der Waals surface area contributed by atoms with Gasteiger partial charge in [-0.1, -0.05) is 12.8 Å². The van der Waals surface area contributed by atoms with Crippen molar-refractivity contribution in [2.24, 2.45) is 0 Å². The molecule has 2 N–H and O–H groups in total. The average Bonchev–Trinajstić information content (AvgIpc) is 2.65. The van der Waals surface area contributed by atoms with Crippen LogP contribution in [0, 0.1) is 0 Å². The summed E-state index contributed by atoms with van der Waals surface area (Å²) in [6.07, 6.45) is 3.18. The lowest BCUT2D eigenvalue weighted by atomic mass is 9.92. The second-order valence-corrected chi connectivity index (χ2v) is 6.23. The average molecular weight is 341 g/mol. The van der Waals surface area contributed by atoms with Gasteiger partial charge in [-0.3, -0.25) is 4.79 Å². The molecule has 5 nitrogen and oxygen atoms in total. The number of carbonyl (C=O) groups is 1. The number of carbonyl (C=O) groups excluding carboxylic acids is 1. The minimum absolute atomic E-state index is 0.156. The molecule has 1 saturated carbocycles. The molecule has 0 heterocycles. The van der Waals surface area contributed by atoms with Crippen molar-refractivity contribution in [2.45, 2.75) is 37.8 Å². The van der Waals surface area contributed by atoms with Crippen LogP contribution < -0.4 is 14.8 Å². The van der Waals surface area contributed by atoms with Gasteiger partial charge in [-0.25, -0.2) is 0 Å². The van der Waals surface area contributed by atoms with Crippen LogP contribution in [0.1, 0.15) is 36.0 Å². The third kappa shape index (κ3) is 4.51. The Morgan fingerprint density at radius 1 is 0.960 bits per heavy atom. The molecule has 2 atom stereocenters. The highest BCUT2D eigenvalue weighted by Crippen LogP contribution is 2.24. The van der Waals surface area contributed by atoms with Gasteiger partial charge in [0.1, 0.15) is 17.2 Å². The Morgan fingerprint density at radius 3 is 2.12 bits per heavy atom. The number of rotatable bonds is 5. The number of aliphatic hydroxyl groups is 1. The van der Waals surface area contributed by atoms with Crippen molar-refractivity contribution in [3.8, 4) is 17.2 Å². The summed E-state index contributed by atoms with van der Waals surface area (Å²) in [5.74, 6) is 1.95. The molecule has 1 amide bonds. The van der Waals surface area contributed by atoms with Gasteiger partial charge in [0.2, 0.25) is 0 Å². The van der Waals surface area contributed by atoms with E-state index in [1.807, 2.05) is 24.3 Å². The number of methoxy groups -OCH3 is 1. The van der Waals surface area contributed by atoms with Crippen LogP contribution in [0.3, 0.4) is 0 Å². The Balaban J connectivity index is 1.60. The molecule has 2 aromatic carbocycles. The minimum atomic E-state index is -0.449. The summed E-state index contributed by atoms with van der Waals surface area (Å²) in [5.41, 5.74) is 0.555. The van der Waals surface area contributed by atoms with Crippen molar-refractivity contribution in [3.05, 3.63) is 54.1 Å². The lowest BCUT2D eigenvalue weighted by molar-refractivity contribution is 0.0717. The first-order valence-electron chi connectivity index (χ1n) is 8.56. The molecule has 0 aliphatic heterocycles. The summed E-state index contributed by atoms with van der Waals surface area (Å²) >= 11 is 0. The molecule has 0 spiro atoms. The molecule has 1 aliphatic rings. The van der Waals surface area contributed by atoms with Crippen molar-refractivity contribution in [3.63, 3.8) is 0 Å². The van der Waals surface area contributed by atoms with Crippen molar-refractivity contribution < 1.29 is 19.4 Å². The number of nitrogens with one attached hydrogen (secondary N) is 1. The highest BCUT2D eigenvalue weighted by Gasteiger charge is 2.24. The molecule has 0 radical (unpaired) electrons. The second kappa shape index (κ2) is 8.03. The zero-order valence-electron chi connectivity index (χ0n) is 14.3. The Bertz CT molecular complexity index is 697. The van der Waals surface area contributed by atoms with Crippen molar-refractivity contribution in [1.82, 2.24) is 5.32 Å². The number of aliphatic hydroxyl groups excluding tert-OH is 1. The van der Waals surface area contributed by atoms with Crippen LogP contribution in [0.15, 0.2) is 48.5 Å². The van der Waals surface area contributed by atoms with Crippen molar-refractivity contribution in [1.29, 1.82) is 0 Å². The first-order chi connectivity index (χ1) is 12.2.